The van der Waals surface area contributed by atoms with E-state index in [1.165, 1.54) is 49.8 Å². The molecule has 3 unspecified atom stereocenters. The Kier molecular flexibility index (Phi) is 8.24. The van der Waals surface area contributed by atoms with E-state index in [2.05, 4.69) is 165 Å². The van der Waals surface area contributed by atoms with Gasteiger partial charge in [-0.25, -0.2) is 0 Å². The van der Waals surface area contributed by atoms with Crippen molar-refractivity contribution < 1.29 is 0 Å². The fourth-order valence-electron chi connectivity index (χ4n) is 6.45. The first-order chi connectivity index (χ1) is 20.8. The Labute approximate surface area is 250 Å². The van der Waals surface area contributed by atoms with Crippen LogP contribution in [0, 0.1) is 17.8 Å². The van der Waals surface area contributed by atoms with Gasteiger partial charge >= 0.3 is 0 Å². The van der Waals surface area contributed by atoms with Crippen molar-refractivity contribution in [2.45, 2.75) is 6.42 Å². The minimum atomic E-state index is 0.189. The van der Waals surface area contributed by atoms with Crippen LogP contribution in [0.5, 0.6) is 0 Å². The molecule has 0 radical (unpaired) electrons. The average Bonchev–Trinajstić information content (AvgIpc) is 3.05. The maximum atomic E-state index is 4.15. The van der Waals surface area contributed by atoms with Gasteiger partial charge in [-0.1, -0.05) is 177 Å². The van der Waals surface area contributed by atoms with Crippen LogP contribution in [0.3, 0.4) is 0 Å². The first-order valence-electron chi connectivity index (χ1n) is 14.8. The zero-order valence-electron chi connectivity index (χ0n) is 23.9. The number of allylic oxidation sites excluding steroid dienone is 20. The van der Waals surface area contributed by atoms with E-state index in [9.17, 15) is 0 Å². The van der Waals surface area contributed by atoms with Crippen molar-refractivity contribution in [1.29, 1.82) is 0 Å². The molecular weight excluding hydrogens is 504 g/mol. The summed E-state index contributed by atoms with van der Waals surface area (Å²) in [4.78, 5) is 0. The lowest BCUT2D eigenvalue weighted by Crippen LogP contribution is -2.20. The van der Waals surface area contributed by atoms with Crippen LogP contribution in [0.15, 0.2) is 194 Å². The second-order valence-electron chi connectivity index (χ2n) is 10.9. The maximum Gasteiger partial charge on any atom is 0.0131 e. The molecule has 0 fully saturated rings. The Hall–Kier alpha value is -4.94. The number of hydrogen-bond acceptors (Lipinski definition) is 0. The Balaban J connectivity index is 1.49. The zero-order valence-corrected chi connectivity index (χ0v) is 23.9. The summed E-state index contributed by atoms with van der Waals surface area (Å²) < 4.78 is 0. The van der Waals surface area contributed by atoms with E-state index in [1.54, 1.807) is 0 Å². The van der Waals surface area contributed by atoms with E-state index in [0.717, 1.165) is 6.42 Å². The van der Waals surface area contributed by atoms with Crippen LogP contribution in [0.1, 0.15) is 17.5 Å². The highest BCUT2D eigenvalue weighted by Crippen LogP contribution is 2.45. The summed E-state index contributed by atoms with van der Waals surface area (Å²) in [7, 11) is 0. The molecule has 3 aromatic rings. The Morgan fingerprint density at radius 1 is 0.690 bits per heavy atom. The average molecular weight is 541 g/mol. The number of benzene rings is 3. The molecule has 42 heavy (non-hydrogen) atoms. The summed E-state index contributed by atoms with van der Waals surface area (Å²) in [6.07, 6.45) is 34.1. The molecule has 0 spiro atoms. The van der Waals surface area contributed by atoms with Crippen LogP contribution in [0.25, 0.3) is 21.9 Å². The van der Waals surface area contributed by atoms with E-state index in [-0.39, 0.29) is 17.8 Å². The van der Waals surface area contributed by atoms with Crippen LogP contribution in [0.2, 0.25) is 0 Å². The lowest BCUT2D eigenvalue weighted by atomic mass is 9.70. The Morgan fingerprint density at radius 3 is 2.14 bits per heavy atom. The van der Waals surface area contributed by atoms with Gasteiger partial charge in [0.25, 0.3) is 0 Å². The lowest BCUT2D eigenvalue weighted by molar-refractivity contribution is 0.635. The molecule has 0 saturated heterocycles. The van der Waals surface area contributed by atoms with Gasteiger partial charge in [0.2, 0.25) is 0 Å². The summed E-state index contributed by atoms with van der Waals surface area (Å²) in [5, 5.41) is 2.55. The second kappa shape index (κ2) is 12.7. The molecule has 0 N–H and O–H groups in total. The Bertz CT molecular complexity index is 1770. The molecule has 6 rings (SSSR count). The van der Waals surface area contributed by atoms with Crippen molar-refractivity contribution >= 4 is 21.9 Å². The number of hydrogen-bond donors (Lipinski definition) is 0. The van der Waals surface area contributed by atoms with Gasteiger partial charge in [0.15, 0.2) is 0 Å². The second-order valence-corrected chi connectivity index (χ2v) is 10.9. The Morgan fingerprint density at radius 2 is 1.38 bits per heavy atom. The van der Waals surface area contributed by atoms with Crippen LogP contribution < -0.4 is 0 Å². The summed E-state index contributed by atoms with van der Waals surface area (Å²) in [5.41, 5.74) is 9.01. The van der Waals surface area contributed by atoms with Gasteiger partial charge in [0, 0.05) is 17.8 Å². The van der Waals surface area contributed by atoms with E-state index >= 15 is 0 Å². The largest absolute Gasteiger partial charge is 0.0991 e. The summed E-state index contributed by atoms with van der Waals surface area (Å²) in [6.45, 7) is 8.12. The highest BCUT2D eigenvalue weighted by atomic mass is 14.3. The molecule has 0 bridgehead atoms. The maximum absolute atomic E-state index is 4.15. The smallest absolute Gasteiger partial charge is 0.0131 e. The number of rotatable bonds is 6. The topological polar surface area (TPSA) is 0 Å². The van der Waals surface area contributed by atoms with E-state index < -0.39 is 0 Å². The van der Waals surface area contributed by atoms with Crippen LogP contribution in [-0.4, -0.2) is 0 Å². The number of fused-ring (bicyclic) bond motifs is 2. The molecule has 3 aliphatic rings. The zero-order chi connectivity index (χ0) is 28.7. The first kappa shape index (κ1) is 27.2. The summed E-state index contributed by atoms with van der Waals surface area (Å²) >= 11 is 0. The van der Waals surface area contributed by atoms with Crippen molar-refractivity contribution in [3.63, 3.8) is 0 Å². The lowest BCUT2D eigenvalue weighted by Gasteiger charge is -2.33. The highest BCUT2D eigenvalue weighted by Gasteiger charge is 2.31. The van der Waals surface area contributed by atoms with E-state index in [0.29, 0.717) is 0 Å². The molecule has 0 heteroatoms. The molecule has 0 aliphatic heterocycles. The molecule has 0 heterocycles. The molecular formula is C42H36. The monoisotopic (exact) mass is 540 g/mol. The quantitative estimate of drug-likeness (QED) is 0.273. The third-order valence-corrected chi connectivity index (χ3v) is 8.44. The fourth-order valence-corrected chi connectivity index (χ4v) is 6.45. The first-order valence-corrected chi connectivity index (χ1v) is 14.8. The highest BCUT2D eigenvalue weighted by molar-refractivity contribution is 5.95. The summed E-state index contributed by atoms with van der Waals surface area (Å²) in [5.74, 6) is 0.593. The standard InChI is InChI=1S/C42H36/c1-3-17-31(4-2)34-28-35(32-18-8-7-9-19-32)30-36(29-34)38-22-10-5-6-11-24-41(42-26-15-14-25-39(38)42)40-27-16-21-33-20-12-13-23-37(33)40/h3-28,30,34,39,42H,1-2,29H2. The molecule has 3 atom stereocenters. The van der Waals surface area contributed by atoms with E-state index in [4.69, 9.17) is 0 Å². The van der Waals surface area contributed by atoms with Crippen molar-refractivity contribution in [1.82, 2.24) is 0 Å². The van der Waals surface area contributed by atoms with Crippen molar-refractivity contribution in [2.75, 3.05) is 0 Å². The van der Waals surface area contributed by atoms with Gasteiger partial charge in [0.1, 0.15) is 0 Å². The van der Waals surface area contributed by atoms with Crippen molar-refractivity contribution in [3.8, 4) is 0 Å². The summed E-state index contributed by atoms with van der Waals surface area (Å²) in [6, 6.07) is 26.1. The van der Waals surface area contributed by atoms with Gasteiger partial charge in [0.05, 0.1) is 0 Å². The molecule has 204 valence electrons. The third kappa shape index (κ3) is 5.62. The molecule has 3 aromatic carbocycles. The van der Waals surface area contributed by atoms with Crippen molar-refractivity contribution in [2.24, 2.45) is 17.8 Å². The molecule has 3 aliphatic carbocycles. The van der Waals surface area contributed by atoms with Crippen molar-refractivity contribution in [3.05, 3.63) is 205 Å². The third-order valence-electron chi connectivity index (χ3n) is 8.44. The fraction of sp³-hybridized carbons (Fsp3) is 0.0952. The van der Waals surface area contributed by atoms with Gasteiger partial charge in [-0.3, -0.25) is 0 Å². The van der Waals surface area contributed by atoms with Gasteiger partial charge < -0.3 is 0 Å². The minimum absolute atomic E-state index is 0.189. The van der Waals surface area contributed by atoms with Crippen LogP contribution in [-0.2, 0) is 0 Å². The van der Waals surface area contributed by atoms with E-state index in [1.807, 2.05) is 12.2 Å². The molecule has 0 nitrogen and oxygen atoms in total. The molecule has 0 saturated carbocycles. The molecule has 0 aromatic heterocycles. The van der Waals surface area contributed by atoms with Gasteiger partial charge in [-0.15, -0.1) is 0 Å². The predicted molar refractivity (Wildman–Crippen MR) is 183 cm³/mol. The van der Waals surface area contributed by atoms with Crippen LogP contribution in [0.4, 0.5) is 0 Å². The predicted octanol–water partition coefficient (Wildman–Crippen LogP) is 11.0. The van der Waals surface area contributed by atoms with Gasteiger partial charge in [-0.05, 0) is 56.2 Å². The molecule has 0 amide bonds. The minimum Gasteiger partial charge on any atom is -0.0991 e. The normalized spacial score (nSPS) is 22.0. The van der Waals surface area contributed by atoms with Crippen LogP contribution >= 0.6 is 0 Å². The van der Waals surface area contributed by atoms with Gasteiger partial charge in [-0.2, -0.15) is 0 Å². The SMILES string of the molecule is C=CC=C(C=C)C1C=C(c2ccccc2)C=C(C2=CC=CC=CC=C(c3cccc4ccccc34)C3C=CC=CC23)C1.